The number of benzene rings is 2. The second-order valence-corrected chi connectivity index (χ2v) is 7.91. The van der Waals surface area contributed by atoms with Crippen molar-refractivity contribution < 1.29 is 17.9 Å². The van der Waals surface area contributed by atoms with E-state index in [9.17, 15) is 13.2 Å². The SMILES string of the molecule is COC(=O)c1cccc(S(=O)(=O)Nc2nc3ccc(Cl)cc3s2)c1. The summed E-state index contributed by atoms with van der Waals surface area (Å²) >= 11 is 7.08. The van der Waals surface area contributed by atoms with E-state index in [-0.39, 0.29) is 15.6 Å². The van der Waals surface area contributed by atoms with E-state index in [0.29, 0.717) is 10.5 Å². The molecule has 2 aromatic carbocycles. The number of methoxy groups -OCH3 is 1. The van der Waals surface area contributed by atoms with Gasteiger partial charge in [0.25, 0.3) is 10.0 Å². The molecule has 0 fully saturated rings. The summed E-state index contributed by atoms with van der Waals surface area (Å²) in [6, 6.07) is 10.7. The number of rotatable bonds is 4. The van der Waals surface area contributed by atoms with Crippen LogP contribution in [0, 0.1) is 0 Å². The Labute approximate surface area is 147 Å². The first-order valence-electron chi connectivity index (χ1n) is 6.66. The molecule has 0 atom stereocenters. The van der Waals surface area contributed by atoms with Crippen LogP contribution in [0.2, 0.25) is 5.02 Å². The Morgan fingerprint density at radius 3 is 2.79 bits per heavy atom. The van der Waals surface area contributed by atoms with Crippen molar-refractivity contribution >= 4 is 54.3 Å². The van der Waals surface area contributed by atoms with Gasteiger partial charge in [0.15, 0.2) is 5.13 Å². The number of hydrogen-bond donors (Lipinski definition) is 1. The van der Waals surface area contributed by atoms with Crippen molar-refractivity contribution in [2.24, 2.45) is 0 Å². The molecule has 0 aliphatic carbocycles. The summed E-state index contributed by atoms with van der Waals surface area (Å²) < 4.78 is 32.7. The fourth-order valence-corrected chi connectivity index (χ4v) is 4.45. The highest BCUT2D eigenvalue weighted by Crippen LogP contribution is 2.29. The van der Waals surface area contributed by atoms with Crippen LogP contribution in [0.4, 0.5) is 5.13 Å². The number of aromatic nitrogens is 1. The molecular weight excluding hydrogens is 372 g/mol. The summed E-state index contributed by atoms with van der Waals surface area (Å²) in [6.45, 7) is 0. The largest absolute Gasteiger partial charge is 0.465 e. The number of hydrogen-bond acceptors (Lipinski definition) is 6. The third-order valence-corrected chi connectivity index (χ3v) is 5.77. The lowest BCUT2D eigenvalue weighted by Crippen LogP contribution is -2.13. The minimum absolute atomic E-state index is 0.0531. The quantitative estimate of drug-likeness (QED) is 0.697. The van der Waals surface area contributed by atoms with Crippen LogP contribution in [0.25, 0.3) is 10.2 Å². The van der Waals surface area contributed by atoms with E-state index >= 15 is 0 Å². The van der Waals surface area contributed by atoms with Crippen molar-refractivity contribution in [3.05, 3.63) is 53.1 Å². The number of halogens is 1. The maximum atomic E-state index is 12.5. The second-order valence-electron chi connectivity index (χ2n) is 4.76. The molecule has 24 heavy (non-hydrogen) atoms. The van der Waals surface area contributed by atoms with Gasteiger partial charge in [-0.1, -0.05) is 29.0 Å². The average molecular weight is 383 g/mol. The number of ether oxygens (including phenoxy) is 1. The van der Waals surface area contributed by atoms with E-state index in [1.165, 1.54) is 42.7 Å². The van der Waals surface area contributed by atoms with Gasteiger partial charge < -0.3 is 4.74 Å². The monoisotopic (exact) mass is 382 g/mol. The summed E-state index contributed by atoms with van der Waals surface area (Å²) in [4.78, 5) is 15.7. The Bertz CT molecular complexity index is 1030. The fraction of sp³-hybridized carbons (Fsp3) is 0.0667. The zero-order valence-electron chi connectivity index (χ0n) is 12.3. The molecule has 0 bridgehead atoms. The van der Waals surface area contributed by atoms with Crippen molar-refractivity contribution in [2.75, 3.05) is 11.8 Å². The Morgan fingerprint density at radius 2 is 2.04 bits per heavy atom. The third-order valence-electron chi connectivity index (χ3n) is 3.14. The predicted octanol–water partition coefficient (Wildman–Crippen LogP) is 3.54. The summed E-state index contributed by atoms with van der Waals surface area (Å²) in [5.74, 6) is -0.610. The van der Waals surface area contributed by atoms with Crippen LogP contribution in [-0.2, 0) is 14.8 Å². The predicted molar refractivity (Wildman–Crippen MR) is 93.2 cm³/mol. The number of thiazole rings is 1. The number of carbonyl (C=O) groups excluding carboxylic acids is 1. The molecule has 3 rings (SSSR count). The number of nitrogens with one attached hydrogen (secondary N) is 1. The topological polar surface area (TPSA) is 85.4 Å². The Balaban J connectivity index is 1.94. The number of carbonyl (C=O) groups is 1. The normalized spacial score (nSPS) is 11.4. The minimum Gasteiger partial charge on any atom is -0.465 e. The summed E-state index contributed by atoms with van der Waals surface area (Å²) in [5.41, 5.74) is 0.793. The fourth-order valence-electron chi connectivity index (χ4n) is 2.02. The van der Waals surface area contributed by atoms with Gasteiger partial charge in [-0.15, -0.1) is 0 Å². The molecule has 1 N–H and O–H groups in total. The molecule has 0 unspecified atom stereocenters. The molecule has 0 radical (unpaired) electrons. The third kappa shape index (κ3) is 3.35. The summed E-state index contributed by atoms with van der Waals surface area (Å²) in [6.07, 6.45) is 0. The van der Waals surface area contributed by atoms with Crippen LogP contribution >= 0.6 is 22.9 Å². The molecule has 1 heterocycles. The Morgan fingerprint density at radius 1 is 1.25 bits per heavy atom. The Kier molecular flexibility index (Phi) is 4.44. The van der Waals surface area contributed by atoms with E-state index in [0.717, 1.165) is 4.70 Å². The van der Waals surface area contributed by atoms with Crippen LogP contribution < -0.4 is 4.72 Å². The van der Waals surface area contributed by atoms with E-state index in [1.807, 2.05) is 0 Å². The zero-order chi connectivity index (χ0) is 17.3. The van der Waals surface area contributed by atoms with Crippen molar-refractivity contribution in [3.8, 4) is 0 Å². The summed E-state index contributed by atoms with van der Waals surface area (Å²) in [7, 11) is -2.65. The molecule has 0 amide bonds. The number of esters is 1. The lowest BCUT2D eigenvalue weighted by molar-refractivity contribution is 0.0600. The smallest absolute Gasteiger partial charge is 0.337 e. The van der Waals surface area contributed by atoms with Crippen molar-refractivity contribution in [2.45, 2.75) is 4.90 Å². The molecule has 0 aliphatic rings. The average Bonchev–Trinajstić information content (AvgIpc) is 2.94. The van der Waals surface area contributed by atoms with E-state index < -0.39 is 16.0 Å². The molecule has 9 heteroatoms. The van der Waals surface area contributed by atoms with Gasteiger partial charge in [0.05, 0.1) is 27.8 Å². The van der Waals surface area contributed by atoms with Gasteiger partial charge in [0.1, 0.15) is 0 Å². The van der Waals surface area contributed by atoms with Crippen LogP contribution in [0.15, 0.2) is 47.4 Å². The molecule has 0 aliphatic heterocycles. The number of anilines is 1. The number of fused-ring (bicyclic) bond motifs is 1. The molecule has 1 aromatic heterocycles. The summed E-state index contributed by atoms with van der Waals surface area (Å²) in [5, 5.41) is 0.766. The molecule has 0 spiro atoms. The molecule has 124 valence electrons. The molecule has 6 nitrogen and oxygen atoms in total. The highest BCUT2D eigenvalue weighted by atomic mass is 35.5. The minimum atomic E-state index is -3.88. The number of sulfonamides is 1. The first-order valence-corrected chi connectivity index (χ1v) is 9.34. The van der Waals surface area contributed by atoms with Gasteiger partial charge in [0.2, 0.25) is 0 Å². The van der Waals surface area contributed by atoms with Gasteiger partial charge in [-0.25, -0.2) is 18.2 Å². The van der Waals surface area contributed by atoms with Crippen molar-refractivity contribution in [3.63, 3.8) is 0 Å². The van der Waals surface area contributed by atoms with Gasteiger partial charge >= 0.3 is 5.97 Å². The first kappa shape index (κ1) is 16.7. The highest BCUT2D eigenvalue weighted by molar-refractivity contribution is 7.93. The number of nitrogens with zero attached hydrogens (tertiary/aromatic N) is 1. The Hall–Kier alpha value is -2.16. The van der Waals surface area contributed by atoms with Gasteiger partial charge in [0, 0.05) is 5.02 Å². The standard InChI is InChI=1S/C15H11ClN2O4S2/c1-22-14(19)9-3-2-4-11(7-9)24(20,21)18-15-17-12-6-5-10(16)8-13(12)23-15/h2-8H,1H3,(H,17,18). The lowest BCUT2D eigenvalue weighted by Gasteiger charge is -2.06. The van der Waals surface area contributed by atoms with E-state index in [1.54, 1.807) is 18.2 Å². The second kappa shape index (κ2) is 6.39. The zero-order valence-corrected chi connectivity index (χ0v) is 14.7. The first-order chi connectivity index (χ1) is 11.4. The lowest BCUT2D eigenvalue weighted by atomic mass is 10.2. The van der Waals surface area contributed by atoms with Crippen LogP contribution in [0.1, 0.15) is 10.4 Å². The van der Waals surface area contributed by atoms with Gasteiger partial charge in [-0.2, -0.15) is 0 Å². The van der Waals surface area contributed by atoms with Crippen molar-refractivity contribution in [1.29, 1.82) is 0 Å². The van der Waals surface area contributed by atoms with Crippen LogP contribution in [0.5, 0.6) is 0 Å². The van der Waals surface area contributed by atoms with E-state index in [4.69, 9.17) is 11.6 Å². The van der Waals surface area contributed by atoms with Gasteiger partial charge in [-0.05, 0) is 36.4 Å². The maximum absolute atomic E-state index is 12.5. The van der Waals surface area contributed by atoms with Crippen LogP contribution in [0.3, 0.4) is 0 Å². The van der Waals surface area contributed by atoms with E-state index in [2.05, 4.69) is 14.4 Å². The highest BCUT2D eigenvalue weighted by Gasteiger charge is 2.18. The van der Waals surface area contributed by atoms with Crippen LogP contribution in [-0.4, -0.2) is 26.5 Å². The van der Waals surface area contributed by atoms with Crippen molar-refractivity contribution in [1.82, 2.24) is 4.98 Å². The maximum Gasteiger partial charge on any atom is 0.337 e. The molecular formula is C15H11ClN2O4S2. The van der Waals surface area contributed by atoms with Gasteiger partial charge in [-0.3, -0.25) is 4.72 Å². The molecule has 3 aromatic rings. The molecule has 0 saturated carbocycles. The molecule has 0 saturated heterocycles.